The summed E-state index contributed by atoms with van der Waals surface area (Å²) >= 11 is 0. The first-order chi connectivity index (χ1) is 11.1. The number of hydrazine groups is 1. The van der Waals surface area contributed by atoms with E-state index < -0.39 is 21.5 Å². The zero-order valence-corrected chi connectivity index (χ0v) is 15.1. The van der Waals surface area contributed by atoms with E-state index in [2.05, 4.69) is 20.7 Å². The third-order valence-electron chi connectivity index (χ3n) is 2.95. The number of nitrogens with zero attached hydrogens (tertiary/aromatic N) is 2. The van der Waals surface area contributed by atoms with Gasteiger partial charge in [-0.1, -0.05) is 0 Å². The van der Waals surface area contributed by atoms with Crippen LogP contribution in [0.3, 0.4) is 0 Å². The van der Waals surface area contributed by atoms with Crippen LogP contribution >= 0.6 is 0 Å². The van der Waals surface area contributed by atoms with Gasteiger partial charge >= 0.3 is 0 Å². The van der Waals surface area contributed by atoms with Gasteiger partial charge in [-0.3, -0.25) is 19.3 Å². The molecular weight excluding hydrogens is 338 g/mol. The van der Waals surface area contributed by atoms with Crippen molar-refractivity contribution in [1.29, 1.82) is 0 Å². The van der Waals surface area contributed by atoms with Crippen LogP contribution in [-0.2, 0) is 19.6 Å². The fourth-order valence-electron chi connectivity index (χ4n) is 1.58. The van der Waals surface area contributed by atoms with Crippen molar-refractivity contribution >= 4 is 28.1 Å². The summed E-state index contributed by atoms with van der Waals surface area (Å²) in [6.07, 6.45) is 2.14. The minimum atomic E-state index is -4.06. The second kappa shape index (κ2) is 11.1. The Balaban J connectivity index is 3.98. The van der Waals surface area contributed by atoms with Gasteiger partial charge in [-0.25, -0.2) is 5.84 Å². The molecular formula is C13H27N5O5S. The number of amidine groups is 1. The number of nitrogens with two attached hydrogens (primary N) is 1. The summed E-state index contributed by atoms with van der Waals surface area (Å²) in [4.78, 5) is 19.5. The van der Waals surface area contributed by atoms with Gasteiger partial charge < -0.3 is 15.5 Å². The van der Waals surface area contributed by atoms with Crippen LogP contribution in [-0.4, -0.2) is 69.0 Å². The number of nitrogens with one attached hydrogen (secondary N) is 2. The highest BCUT2D eigenvalue weighted by molar-refractivity contribution is 7.85. The summed E-state index contributed by atoms with van der Waals surface area (Å²) in [5.74, 6) is 4.86. The molecule has 24 heavy (non-hydrogen) atoms. The molecule has 140 valence electrons. The maximum Gasteiger partial charge on any atom is 0.266 e. The van der Waals surface area contributed by atoms with E-state index in [4.69, 9.17) is 15.1 Å². The number of carbonyl (C=O) groups excluding carboxylic acids is 1. The molecule has 0 rings (SSSR count). The van der Waals surface area contributed by atoms with Crippen LogP contribution in [0.1, 0.15) is 26.7 Å². The van der Waals surface area contributed by atoms with Crippen molar-refractivity contribution in [2.45, 2.75) is 32.3 Å². The Morgan fingerprint density at radius 2 is 2.08 bits per heavy atom. The Morgan fingerprint density at radius 1 is 1.42 bits per heavy atom. The van der Waals surface area contributed by atoms with Gasteiger partial charge in [0.05, 0.1) is 30.7 Å². The third-order valence-corrected chi connectivity index (χ3v) is 3.67. The van der Waals surface area contributed by atoms with Crippen LogP contribution in [0, 0.1) is 0 Å². The fraction of sp³-hybridized carbons (Fsp3) is 0.769. The largest absolute Gasteiger partial charge is 0.374 e. The lowest BCUT2D eigenvalue weighted by molar-refractivity contribution is -0.122. The molecule has 0 fully saturated rings. The predicted molar refractivity (Wildman–Crippen MR) is 92.7 cm³/mol. The highest BCUT2D eigenvalue weighted by Crippen LogP contribution is 2.16. The molecule has 0 aromatic heterocycles. The Hall–Kier alpha value is -1.56. The standard InChI is InChI=1S/C13H27N5O5S/c1-13(2,23-8-6-16-10-11(15-3)18-14)5-4-12(19)17-7-9-24(20,21)22/h10H,4-9,14H2,1-3H3,(H,15,18)(H,17,19)(H,20,21,22). The average molecular weight is 365 g/mol. The molecule has 0 heterocycles. The lowest BCUT2D eigenvalue weighted by Crippen LogP contribution is -2.32. The molecule has 11 heteroatoms. The molecule has 1 amide bonds. The van der Waals surface area contributed by atoms with Gasteiger partial charge in [0.2, 0.25) is 5.91 Å². The summed E-state index contributed by atoms with van der Waals surface area (Å²) in [6.45, 7) is 4.37. The normalized spacial score (nSPS) is 13.3. The van der Waals surface area contributed by atoms with E-state index in [0.29, 0.717) is 25.4 Å². The smallest absolute Gasteiger partial charge is 0.266 e. The Labute approximate surface area is 142 Å². The van der Waals surface area contributed by atoms with Crippen molar-refractivity contribution in [1.82, 2.24) is 10.7 Å². The van der Waals surface area contributed by atoms with E-state index in [0.717, 1.165) is 0 Å². The summed E-state index contributed by atoms with van der Waals surface area (Å²) in [6, 6.07) is 0. The maximum atomic E-state index is 11.6. The summed E-state index contributed by atoms with van der Waals surface area (Å²) in [5, 5.41) is 2.42. The van der Waals surface area contributed by atoms with Crippen molar-refractivity contribution in [2.24, 2.45) is 15.8 Å². The van der Waals surface area contributed by atoms with Gasteiger partial charge in [0.1, 0.15) is 0 Å². The van der Waals surface area contributed by atoms with Gasteiger partial charge in [0, 0.05) is 20.0 Å². The maximum absolute atomic E-state index is 11.6. The minimum absolute atomic E-state index is 0.121. The zero-order chi connectivity index (χ0) is 18.6. The molecule has 5 N–H and O–H groups in total. The van der Waals surface area contributed by atoms with Crippen molar-refractivity contribution < 1.29 is 22.5 Å². The molecule has 0 aromatic carbocycles. The van der Waals surface area contributed by atoms with E-state index in [-0.39, 0.29) is 18.9 Å². The van der Waals surface area contributed by atoms with E-state index in [1.807, 2.05) is 13.8 Å². The van der Waals surface area contributed by atoms with Crippen LogP contribution in [0.4, 0.5) is 0 Å². The molecule has 0 bridgehead atoms. The Morgan fingerprint density at radius 3 is 2.62 bits per heavy atom. The van der Waals surface area contributed by atoms with E-state index >= 15 is 0 Å². The predicted octanol–water partition coefficient (Wildman–Crippen LogP) is -0.872. The molecule has 0 atom stereocenters. The van der Waals surface area contributed by atoms with Gasteiger partial charge in [-0.15, -0.1) is 0 Å². The number of carbonyl (C=O) groups is 1. The lowest BCUT2D eigenvalue weighted by atomic mass is 10.0. The van der Waals surface area contributed by atoms with E-state index in [9.17, 15) is 13.2 Å². The van der Waals surface area contributed by atoms with Gasteiger partial charge in [-0.2, -0.15) is 8.42 Å². The molecule has 0 aliphatic carbocycles. The second-order valence-corrected chi connectivity index (χ2v) is 7.10. The number of rotatable bonds is 11. The highest BCUT2D eigenvalue weighted by atomic mass is 32.2. The van der Waals surface area contributed by atoms with Crippen LogP contribution < -0.4 is 16.6 Å². The molecule has 0 aliphatic heterocycles. The van der Waals surface area contributed by atoms with Crippen LogP contribution in [0.15, 0.2) is 9.98 Å². The quantitative estimate of drug-likeness (QED) is 0.0925. The van der Waals surface area contributed by atoms with E-state index in [1.165, 1.54) is 6.21 Å². The second-order valence-electron chi connectivity index (χ2n) is 5.53. The molecule has 0 saturated carbocycles. The Bertz CT molecular complexity index is 545. The zero-order valence-electron chi connectivity index (χ0n) is 14.3. The molecule has 10 nitrogen and oxygen atoms in total. The molecule has 0 spiro atoms. The van der Waals surface area contributed by atoms with Crippen LogP contribution in [0.2, 0.25) is 0 Å². The minimum Gasteiger partial charge on any atom is -0.374 e. The fourth-order valence-corrected chi connectivity index (χ4v) is 1.94. The van der Waals surface area contributed by atoms with E-state index in [1.54, 1.807) is 7.05 Å². The highest BCUT2D eigenvalue weighted by Gasteiger charge is 2.19. The number of amides is 1. The Kier molecular flexibility index (Phi) is 10.4. The molecule has 0 radical (unpaired) electrons. The SMILES string of the molecule is CN=C(C=NCCOC(C)(C)CCC(=O)NCCS(=O)(=O)O)NN. The monoisotopic (exact) mass is 365 g/mol. The first kappa shape index (κ1) is 22.4. The van der Waals surface area contributed by atoms with Crippen LogP contribution in [0.25, 0.3) is 0 Å². The average Bonchev–Trinajstić information content (AvgIpc) is 2.48. The van der Waals surface area contributed by atoms with Crippen molar-refractivity contribution in [3.63, 3.8) is 0 Å². The number of ether oxygens (including phenoxy) is 1. The summed E-state index contributed by atoms with van der Waals surface area (Å²) < 4.78 is 35.3. The third kappa shape index (κ3) is 12.9. The number of hydrogen-bond acceptors (Lipinski definition) is 7. The van der Waals surface area contributed by atoms with Crippen molar-refractivity contribution in [3.05, 3.63) is 0 Å². The molecule has 0 aromatic rings. The molecule has 0 saturated heterocycles. The lowest BCUT2D eigenvalue weighted by Gasteiger charge is -2.24. The van der Waals surface area contributed by atoms with Crippen LogP contribution in [0.5, 0.6) is 0 Å². The first-order valence-electron chi connectivity index (χ1n) is 7.38. The molecule has 0 aliphatic rings. The van der Waals surface area contributed by atoms with Crippen molar-refractivity contribution in [3.8, 4) is 0 Å². The number of aliphatic imine (C=N–C) groups is 2. The summed E-state index contributed by atoms with van der Waals surface area (Å²) in [7, 11) is -2.48. The first-order valence-corrected chi connectivity index (χ1v) is 8.99. The van der Waals surface area contributed by atoms with Gasteiger partial charge in [0.15, 0.2) is 5.84 Å². The summed E-state index contributed by atoms with van der Waals surface area (Å²) in [5.41, 5.74) is 1.86. The van der Waals surface area contributed by atoms with Gasteiger partial charge in [0.25, 0.3) is 10.1 Å². The number of hydrogen-bond donors (Lipinski definition) is 4. The van der Waals surface area contributed by atoms with Crippen molar-refractivity contribution in [2.75, 3.05) is 32.5 Å². The topological polar surface area (TPSA) is 155 Å². The van der Waals surface area contributed by atoms with Gasteiger partial charge in [-0.05, 0) is 20.3 Å². The molecule has 0 unspecified atom stereocenters.